The molecule has 0 aromatic heterocycles. The Bertz CT molecular complexity index is 278. The van der Waals surface area contributed by atoms with Gasteiger partial charge < -0.3 is 9.64 Å². The molecule has 2 aliphatic heterocycles. The molecule has 2 atom stereocenters. The van der Waals surface area contributed by atoms with Gasteiger partial charge >= 0.3 is 0 Å². The van der Waals surface area contributed by atoms with Gasteiger partial charge in [0.2, 0.25) is 5.91 Å². The van der Waals surface area contributed by atoms with Crippen molar-refractivity contribution in [2.45, 2.75) is 37.5 Å². The first-order valence-corrected chi connectivity index (χ1v) is 5.87. The topological polar surface area (TPSA) is 32.8 Å². The van der Waals surface area contributed by atoms with E-state index in [0.717, 1.165) is 19.1 Å². The van der Waals surface area contributed by atoms with Crippen LogP contribution >= 0.6 is 0 Å². The fraction of sp³-hybridized carbons (Fsp3) is 0.909. The largest absolute Gasteiger partial charge is 0.365 e. The molecule has 1 aliphatic carbocycles. The van der Waals surface area contributed by atoms with Crippen LogP contribution in [0.4, 0.5) is 0 Å². The minimum Gasteiger partial charge on any atom is -0.365 e. The number of carbonyl (C=O) groups excluding carboxylic acids is 1. The fourth-order valence-electron chi connectivity index (χ4n) is 2.84. The molecule has 0 aromatic carbocycles. The highest BCUT2D eigenvalue weighted by Crippen LogP contribution is 2.31. The number of hydrogen-bond donors (Lipinski definition) is 0. The van der Waals surface area contributed by atoms with Crippen LogP contribution < -0.4 is 0 Å². The summed E-state index contributed by atoms with van der Waals surface area (Å²) in [6, 6.07) is 1.06. The maximum absolute atomic E-state index is 11.5. The molecule has 1 saturated carbocycles. The molecule has 0 aromatic rings. The maximum atomic E-state index is 11.5. The van der Waals surface area contributed by atoms with E-state index in [2.05, 4.69) is 4.90 Å². The zero-order valence-electron chi connectivity index (χ0n) is 9.19. The van der Waals surface area contributed by atoms with Crippen molar-refractivity contribution in [2.75, 3.05) is 26.7 Å². The summed E-state index contributed by atoms with van der Waals surface area (Å²) in [6.45, 7) is 2.31. The number of morpholine rings is 1. The third-order valence-electron chi connectivity index (χ3n) is 4.17. The molecule has 0 spiro atoms. The number of hydrogen-bond acceptors (Lipinski definition) is 3. The summed E-state index contributed by atoms with van der Waals surface area (Å²) in [5.74, 6) is 0.131. The first-order chi connectivity index (χ1) is 7.25. The molecule has 2 heterocycles. The third kappa shape index (κ3) is 1.47. The molecular weight excluding hydrogens is 192 g/mol. The predicted octanol–water partition coefficient (Wildman–Crippen LogP) is 0.0803. The van der Waals surface area contributed by atoms with Crippen molar-refractivity contribution in [3.63, 3.8) is 0 Å². The molecule has 0 bridgehead atoms. The maximum Gasteiger partial charge on any atom is 0.248 e. The Hall–Kier alpha value is -0.610. The highest BCUT2D eigenvalue weighted by molar-refractivity contribution is 5.78. The Morgan fingerprint density at radius 1 is 1.33 bits per heavy atom. The van der Waals surface area contributed by atoms with Gasteiger partial charge in [-0.3, -0.25) is 9.69 Å². The number of carbonyl (C=O) groups is 1. The van der Waals surface area contributed by atoms with E-state index < -0.39 is 0 Å². The van der Waals surface area contributed by atoms with E-state index >= 15 is 0 Å². The molecule has 15 heavy (non-hydrogen) atoms. The molecule has 2 unspecified atom stereocenters. The number of fused-ring (bicyclic) bond motifs is 1. The normalized spacial score (nSPS) is 37.9. The summed E-state index contributed by atoms with van der Waals surface area (Å²) >= 11 is 0. The summed E-state index contributed by atoms with van der Waals surface area (Å²) in [7, 11) is 1.91. The molecule has 4 nitrogen and oxygen atoms in total. The average molecular weight is 210 g/mol. The molecule has 2 saturated heterocycles. The predicted molar refractivity (Wildman–Crippen MR) is 55.5 cm³/mol. The van der Waals surface area contributed by atoms with Gasteiger partial charge in [-0.05, 0) is 12.8 Å². The van der Waals surface area contributed by atoms with Gasteiger partial charge in [0.05, 0.1) is 12.1 Å². The standard InChI is InChI=1S/C11H18N2O2/c1-12-9-5-13(8-3-2-4-8)6-10(9)15-7-11(12)14/h8-10H,2-7H2,1H3. The third-order valence-corrected chi connectivity index (χ3v) is 4.17. The van der Waals surface area contributed by atoms with Crippen LogP contribution in [-0.2, 0) is 9.53 Å². The Morgan fingerprint density at radius 3 is 2.80 bits per heavy atom. The van der Waals surface area contributed by atoms with E-state index in [1.54, 1.807) is 0 Å². The molecule has 84 valence electrons. The fourth-order valence-corrected chi connectivity index (χ4v) is 2.84. The van der Waals surface area contributed by atoms with Gasteiger partial charge in [0.15, 0.2) is 0 Å². The minimum absolute atomic E-state index is 0.131. The van der Waals surface area contributed by atoms with Crippen molar-refractivity contribution in [1.29, 1.82) is 0 Å². The van der Waals surface area contributed by atoms with Crippen molar-refractivity contribution in [2.24, 2.45) is 0 Å². The van der Waals surface area contributed by atoms with Gasteiger partial charge in [0, 0.05) is 26.2 Å². The first kappa shape index (κ1) is 9.60. The van der Waals surface area contributed by atoms with Crippen LogP contribution in [0.1, 0.15) is 19.3 Å². The average Bonchev–Trinajstić information content (AvgIpc) is 2.53. The monoisotopic (exact) mass is 210 g/mol. The second kappa shape index (κ2) is 3.46. The lowest BCUT2D eigenvalue weighted by atomic mass is 9.92. The van der Waals surface area contributed by atoms with Crippen LogP contribution in [-0.4, -0.2) is 60.6 Å². The molecule has 0 N–H and O–H groups in total. The highest BCUT2D eigenvalue weighted by Gasteiger charge is 2.44. The van der Waals surface area contributed by atoms with Crippen molar-refractivity contribution in [3.8, 4) is 0 Å². The van der Waals surface area contributed by atoms with Crippen LogP contribution in [0.2, 0.25) is 0 Å². The van der Waals surface area contributed by atoms with E-state index in [0.29, 0.717) is 6.04 Å². The number of nitrogens with zero attached hydrogens (tertiary/aromatic N) is 2. The van der Waals surface area contributed by atoms with E-state index in [4.69, 9.17) is 4.74 Å². The molecule has 4 heteroatoms. The van der Waals surface area contributed by atoms with Crippen LogP contribution in [0.25, 0.3) is 0 Å². The number of ether oxygens (including phenoxy) is 1. The van der Waals surface area contributed by atoms with Crippen molar-refractivity contribution >= 4 is 5.91 Å². The lowest BCUT2D eigenvalue weighted by Crippen LogP contribution is -2.51. The Labute approximate surface area is 90.2 Å². The van der Waals surface area contributed by atoms with Gasteiger partial charge in [0.1, 0.15) is 6.61 Å². The summed E-state index contributed by atoms with van der Waals surface area (Å²) in [4.78, 5) is 15.9. The first-order valence-electron chi connectivity index (χ1n) is 5.87. The summed E-state index contributed by atoms with van der Waals surface area (Å²) in [5.41, 5.74) is 0. The Kier molecular flexibility index (Phi) is 2.21. The van der Waals surface area contributed by atoms with E-state index in [1.165, 1.54) is 19.3 Å². The summed E-state index contributed by atoms with van der Waals surface area (Å²) in [6.07, 6.45) is 4.29. The van der Waals surface area contributed by atoms with E-state index in [1.807, 2.05) is 11.9 Å². The van der Waals surface area contributed by atoms with Gasteiger partial charge in [-0.15, -0.1) is 0 Å². The smallest absolute Gasteiger partial charge is 0.248 e. The quantitative estimate of drug-likeness (QED) is 0.614. The summed E-state index contributed by atoms with van der Waals surface area (Å²) < 4.78 is 5.60. The van der Waals surface area contributed by atoms with Crippen LogP contribution in [0.3, 0.4) is 0 Å². The van der Waals surface area contributed by atoms with Crippen LogP contribution in [0.5, 0.6) is 0 Å². The zero-order valence-corrected chi connectivity index (χ0v) is 9.19. The molecule has 3 fully saturated rings. The number of rotatable bonds is 1. The van der Waals surface area contributed by atoms with Crippen molar-refractivity contribution in [1.82, 2.24) is 9.80 Å². The van der Waals surface area contributed by atoms with Crippen molar-refractivity contribution in [3.05, 3.63) is 0 Å². The minimum atomic E-state index is 0.131. The van der Waals surface area contributed by atoms with Gasteiger partial charge in [-0.25, -0.2) is 0 Å². The highest BCUT2D eigenvalue weighted by atomic mass is 16.5. The number of likely N-dealkylation sites (tertiary alicyclic amines) is 1. The lowest BCUT2D eigenvalue weighted by molar-refractivity contribution is -0.150. The molecule has 3 rings (SSSR count). The number of likely N-dealkylation sites (N-methyl/N-ethyl adjacent to an activating group) is 1. The second-order valence-corrected chi connectivity index (χ2v) is 4.96. The zero-order chi connectivity index (χ0) is 10.4. The van der Waals surface area contributed by atoms with Gasteiger partial charge in [-0.2, -0.15) is 0 Å². The van der Waals surface area contributed by atoms with Gasteiger partial charge in [0.25, 0.3) is 0 Å². The molecule has 0 radical (unpaired) electrons. The summed E-state index contributed by atoms with van der Waals surface area (Å²) in [5, 5.41) is 0. The van der Waals surface area contributed by atoms with Gasteiger partial charge in [-0.1, -0.05) is 6.42 Å². The van der Waals surface area contributed by atoms with E-state index in [-0.39, 0.29) is 18.6 Å². The van der Waals surface area contributed by atoms with E-state index in [9.17, 15) is 4.79 Å². The molecule has 3 aliphatic rings. The molecule has 1 amide bonds. The SMILES string of the molecule is CN1C(=O)COC2CN(C3CCC3)CC21. The van der Waals surface area contributed by atoms with Crippen LogP contribution in [0, 0.1) is 0 Å². The molecular formula is C11H18N2O2. The second-order valence-electron chi connectivity index (χ2n) is 4.96. The Balaban J connectivity index is 1.69. The number of amides is 1. The Morgan fingerprint density at radius 2 is 2.13 bits per heavy atom. The van der Waals surface area contributed by atoms with Crippen LogP contribution in [0.15, 0.2) is 0 Å². The lowest BCUT2D eigenvalue weighted by Gasteiger charge is -2.35. The van der Waals surface area contributed by atoms with Crippen molar-refractivity contribution < 1.29 is 9.53 Å².